The number of alkyl halides is 6. The van der Waals surface area contributed by atoms with Gasteiger partial charge in [0.1, 0.15) is 0 Å². The van der Waals surface area contributed by atoms with E-state index in [9.17, 15) is 31.1 Å². The summed E-state index contributed by atoms with van der Waals surface area (Å²) in [6.45, 7) is 0. The van der Waals surface area contributed by atoms with Crippen LogP contribution >= 0.6 is 0 Å². The van der Waals surface area contributed by atoms with Gasteiger partial charge in [0.2, 0.25) is 0 Å². The van der Waals surface area contributed by atoms with Crippen molar-refractivity contribution in [1.82, 2.24) is 4.98 Å². The van der Waals surface area contributed by atoms with Gasteiger partial charge in [0, 0.05) is 11.8 Å². The quantitative estimate of drug-likeness (QED) is 0.835. The number of aliphatic carboxylic acids is 1. The Bertz CT molecular complexity index is 767. The lowest BCUT2D eigenvalue weighted by Crippen LogP contribution is -2.15. The number of halogens is 6. The van der Waals surface area contributed by atoms with Gasteiger partial charge >= 0.3 is 18.3 Å². The van der Waals surface area contributed by atoms with Crippen LogP contribution in [-0.4, -0.2) is 16.1 Å². The molecule has 1 aromatic heterocycles. The number of carbonyl (C=O) groups is 1. The van der Waals surface area contributed by atoms with E-state index in [1.165, 1.54) is 0 Å². The van der Waals surface area contributed by atoms with Crippen LogP contribution in [0.2, 0.25) is 0 Å². The highest BCUT2D eigenvalue weighted by Crippen LogP contribution is 2.43. The molecular weight excluding hydrogens is 340 g/mol. The van der Waals surface area contributed by atoms with E-state index in [2.05, 4.69) is 4.98 Å². The predicted octanol–water partition coefficient (Wildman–Crippen LogP) is 4.41. The summed E-state index contributed by atoms with van der Waals surface area (Å²) in [5.74, 6) is -1.47. The molecule has 2 aromatic rings. The first-order valence-electron chi connectivity index (χ1n) is 6.45. The minimum atomic E-state index is -5.04. The van der Waals surface area contributed by atoms with Crippen LogP contribution in [0.5, 0.6) is 0 Å². The van der Waals surface area contributed by atoms with Gasteiger partial charge in [-0.25, -0.2) is 0 Å². The van der Waals surface area contributed by atoms with E-state index in [0.29, 0.717) is 6.07 Å². The second-order valence-corrected chi connectivity index (χ2v) is 4.81. The van der Waals surface area contributed by atoms with Crippen molar-refractivity contribution in [2.75, 3.05) is 0 Å². The van der Waals surface area contributed by atoms with Crippen LogP contribution < -0.4 is 0 Å². The first kappa shape index (κ1) is 17.8. The number of carboxylic acid groups (broad SMARTS) is 1. The first-order valence-corrected chi connectivity index (χ1v) is 6.45. The number of rotatable bonds is 3. The maximum absolute atomic E-state index is 13.2. The van der Waals surface area contributed by atoms with Crippen LogP contribution in [0.15, 0.2) is 36.5 Å². The largest absolute Gasteiger partial charge is 0.481 e. The van der Waals surface area contributed by atoms with Gasteiger partial charge in [-0.1, -0.05) is 18.2 Å². The fourth-order valence-corrected chi connectivity index (χ4v) is 2.28. The van der Waals surface area contributed by atoms with Gasteiger partial charge in [0.25, 0.3) is 0 Å². The number of hydrogen-bond acceptors (Lipinski definition) is 2. The number of hydrogen-bond donors (Lipinski definition) is 1. The number of benzene rings is 1. The third kappa shape index (κ3) is 3.66. The van der Waals surface area contributed by atoms with Crippen molar-refractivity contribution in [3.05, 3.63) is 53.3 Å². The van der Waals surface area contributed by atoms with E-state index in [-0.39, 0.29) is 0 Å². The van der Waals surface area contributed by atoms with Crippen LogP contribution in [0.25, 0.3) is 11.1 Å². The lowest BCUT2D eigenvalue weighted by atomic mass is 9.92. The van der Waals surface area contributed by atoms with Crippen molar-refractivity contribution in [3.8, 4) is 11.1 Å². The maximum Gasteiger partial charge on any atom is 0.433 e. The van der Waals surface area contributed by atoms with E-state index in [4.69, 9.17) is 5.11 Å². The standard InChI is InChI=1S/C15H9F6NO2/c16-14(17,18)10-4-2-1-3-9(10)12-8(7-11(23)24)5-6-22-13(12)15(19,20)21/h1-6H,7H2,(H,23,24). The molecule has 0 aliphatic rings. The Hall–Kier alpha value is -2.58. The summed E-state index contributed by atoms with van der Waals surface area (Å²) in [5, 5.41) is 8.84. The Balaban J connectivity index is 2.85. The van der Waals surface area contributed by atoms with Crippen LogP contribution in [0, 0.1) is 0 Å². The molecule has 0 saturated carbocycles. The van der Waals surface area contributed by atoms with Crippen LogP contribution in [0.4, 0.5) is 26.3 Å². The Morgan fingerprint density at radius 3 is 2.17 bits per heavy atom. The molecule has 1 heterocycles. The maximum atomic E-state index is 13.2. The summed E-state index contributed by atoms with van der Waals surface area (Å²) in [7, 11) is 0. The summed E-state index contributed by atoms with van der Waals surface area (Å²) in [4.78, 5) is 14.0. The van der Waals surface area contributed by atoms with Crippen molar-refractivity contribution in [2.45, 2.75) is 18.8 Å². The predicted molar refractivity (Wildman–Crippen MR) is 71.0 cm³/mol. The average molecular weight is 349 g/mol. The molecule has 0 bridgehead atoms. The van der Waals surface area contributed by atoms with Crippen molar-refractivity contribution < 1.29 is 36.2 Å². The third-order valence-corrected chi connectivity index (χ3v) is 3.15. The second-order valence-electron chi connectivity index (χ2n) is 4.81. The molecule has 24 heavy (non-hydrogen) atoms. The minimum absolute atomic E-state index is 0.401. The number of nitrogens with zero attached hydrogens (tertiary/aromatic N) is 1. The van der Waals surface area contributed by atoms with E-state index in [1.807, 2.05) is 0 Å². The molecule has 2 rings (SSSR count). The molecule has 0 fully saturated rings. The van der Waals surface area contributed by atoms with Gasteiger partial charge in [-0.2, -0.15) is 26.3 Å². The van der Waals surface area contributed by atoms with Crippen LogP contribution in [-0.2, 0) is 23.6 Å². The number of pyridine rings is 1. The zero-order valence-electron chi connectivity index (χ0n) is 11.7. The molecule has 0 radical (unpaired) electrons. The van der Waals surface area contributed by atoms with Crippen molar-refractivity contribution in [3.63, 3.8) is 0 Å². The molecule has 0 unspecified atom stereocenters. The highest BCUT2D eigenvalue weighted by atomic mass is 19.4. The zero-order chi connectivity index (χ0) is 18.1. The Morgan fingerprint density at radius 1 is 1.00 bits per heavy atom. The first-order chi connectivity index (χ1) is 11.0. The number of aromatic nitrogens is 1. The van der Waals surface area contributed by atoms with Crippen molar-refractivity contribution in [1.29, 1.82) is 0 Å². The zero-order valence-corrected chi connectivity index (χ0v) is 11.7. The Morgan fingerprint density at radius 2 is 1.62 bits per heavy atom. The van der Waals surface area contributed by atoms with Gasteiger partial charge in [0.05, 0.1) is 12.0 Å². The van der Waals surface area contributed by atoms with Gasteiger partial charge in [0.15, 0.2) is 5.69 Å². The summed E-state index contributed by atoms with van der Waals surface area (Å²) in [5.41, 5.74) is -4.89. The number of carboxylic acids is 1. The van der Waals surface area contributed by atoms with E-state index < -0.39 is 52.7 Å². The summed E-state index contributed by atoms with van der Waals surface area (Å²) >= 11 is 0. The third-order valence-electron chi connectivity index (χ3n) is 3.15. The SMILES string of the molecule is O=C(O)Cc1ccnc(C(F)(F)F)c1-c1ccccc1C(F)(F)F. The highest BCUT2D eigenvalue weighted by molar-refractivity contribution is 5.79. The monoisotopic (exact) mass is 349 g/mol. The van der Waals surface area contributed by atoms with Gasteiger partial charge in [-0.3, -0.25) is 9.78 Å². The summed E-state index contributed by atoms with van der Waals surface area (Å²) < 4.78 is 79.0. The van der Waals surface area contributed by atoms with Crippen molar-refractivity contribution >= 4 is 5.97 Å². The fourth-order valence-electron chi connectivity index (χ4n) is 2.28. The minimum Gasteiger partial charge on any atom is -0.481 e. The molecular formula is C15H9F6NO2. The summed E-state index contributed by atoms with van der Waals surface area (Å²) in [6, 6.07) is 4.63. The Labute approximate surface area is 131 Å². The highest BCUT2D eigenvalue weighted by Gasteiger charge is 2.40. The smallest absolute Gasteiger partial charge is 0.433 e. The van der Waals surface area contributed by atoms with Crippen LogP contribution in [0.1, 0.15) is 16.8 Å². The van der Waals surface area contributed by atoms with Crippen molar-refractivity contribution in [2.24, 2.45) is 0 Å². The molecule has 0 amide bonds. The van der Waals surface area contributed by atoms with Gasteiger partial charge in [-0.15, -0.1) is 0 Å². The van der Waals surface area contributed by atoms with Gasteiger partial charge < -0.3 is 5.11 Å². The molecule has 0 aliphatic carbocycles. The van der Waals surface area contributed by atoms with Gasteiger partial charge in [-0.05, 0) is 23.3 Å². The summed E-state index contributed by atoms with van der Waals surface area (Å²) in [6.07, 6.45) is -10.1. The molecule has 9 heteroatoms. The Kier molecular flexibility index (Phi) is 4.54. The second kappa shape index (κ2) is 6.14. The average Bonchev–Trinajstić information content (AvgIpc) is 2.44. The molecule has 0 spiro atoms. The lowest BCUT2D eigenvalue weighted by Gasteiger charge is -2.19. The van der Waals surface area contributed by atoms with E-state index in [1.54, 1.807) is 0 Å². The topological polar surface area (TPSA) is 50.2 Å². The van der Waals surface area contributed by atoms with Crippen LogP contribution in [0.3, 0.4) is 0 Å². The molecule has 3 nitrogen and oxygen atoms in total. The fraction of sp³-hybridized carbons (Fsp3) is 0.200. The lowest BCUT2D eigenvalue weighted by molar-refractivity contribution is -0.142. The molecule has 128 valence electrons. The molecule has 0 saturated heterocycles. The normalized spacial score (nSPS) is 12.2. The molecule has 1 aromatic carbocycles. The van der Waals surface area contributed by atoms with E-state index >= 15 is 0 Å². The van der Waals surface area contributed by atoms with E-state index in [0.717, 1.165) is 30.5 Å². The molecule has 1 N–H and O–H groups in total. The molecule has 0 atom stereocenters. The molecule has 0 aliphatic heterocycles.